The normalized spacial score (nSPS) is 14.7. The Hall–Kier alpha value is -3.21. The molecule has 10 heteroatoms. The van der Waals surface area contributed by atoms with Gasteiger partial charge in [0.25, 0.3) is 5.91 Å². The van der Waals surface area contributed by atoms with E-state index in [9.17, 15) is 18.0 Å². The van der Waals surface area contributed by atoms with E-state index in [1.165, 1.54) is 34.5 Å². The fourth-order valence-electron chi connectivity index (χ4n) is 3.16. The lowest BCUT2D eigenvalue weighted by Gasteiger charge is -2.26. The molecule has 2 aromatic carbocycles. The summed E-state index contributed by atoms with van der Waals surface area (Å²) in [6, 6.07) is 13.6. The summed E-state index contributed by atoms with van der Waals surface area (Å²) >= 11 is 0. The van der Waals surface area contributed by atoms with Crippen LogP contribution in [0.3, 0.4) is 0 Å². The number of carbonyl (C=O) groups excluding carboxylic acids is 2. The molecule has 0 unspecified atom stereocenters. The molecule has 0 aliphatic carbocycles. The van der Waals surface area contributed by atoms with E-state index >= 15 is 0 Å². The summed E-state index contributed by atoms with van der Waals surface area (Å²) in [5, 5.41) is 0. The molecule has 1 fully saturated rings. The van der Waals surface area contributed by atoms with Crippen molar-refractivity contribution >= 4 is 33.7 Å². The second-order valence-corrected chi connectivity index (χ2v) is 9.06. The van der Waals surface area contributed by atoms with Crippen LogP contribution in [0.25, 0.3) is 6.08 Å². The first-order valence-electron chi connectivity index (χ1n) is 10.3. The van der Waals surface area contributed by atoms with Gasteiger partial charge in [0.15, 0.2) is 6.61 Å². The Morgan fingerprint density at radius 3 is 2.48 bits per heavy atom. The number of benzene rings is 2. The Labute approximate surface area is 193 Å². The molecule has 0 aromatic heterocycles. The van der Waals surface area contributed by atoms with Crippen molar-refractivity contribution < 1.29 is 32.2 Å². The largest absolute Gasteiger partial charge is 0.495 e. The minimum absolute atomic E-state index is 0.00193. The molecule has 9 nitrogen and oxygen atoms in total. The maximum Gasteiger partial charge on any atom is 0.331 e. The fraction of sp³-hybridized carbons (Fsp3) is 0.304. The zero-order valence-electron chi connectivity index (χ0n) is 18.5. The summed E-state index contributed by atoms with van der Waals surface area (Å²) in [4.78, 5) is 25.7. The monoisotopic (exact) mass is 474 g/mol. The first-order valence-corrected chi connectivity index (χ1v) is 11.7. The molecule has 0 spiro atoms. The van der Waals surface area contributed by atoms with Gasteiger partial charge in [-0.1, -0.05) is 24.3 Å². The molecular weight excluding hydrogens is 448 g/mol. The molecule has 1 saturated heterocycles. The number of anilines is 1. The topological polar surface area (TPSA) is 102 Å². The fourth-order valence-corrected chi connectivity index (χ4v) is 4.76. The predicted octanol–water partition coefficient (Wildman–Crippen LogP) is 1.94. The van der Waals surface area contributed by atoms with Gasteiger partial charge in [-0.2, -0.15) is 4.31 Å². The highest BCUT2D eigenvalue weighted by atomic mass is 32.2. The number of ether oxygens (including phenoxy) is 3. The van der Waals surface area contributed by atoms with Crippen LogP contribution in [-0.4, -0.2) is 71.7 Å². The van der Waals surface area contributed by atoms with E-state index in [4.69, 9.17) is 14.2 Å². The summed E-state index contributed by atoms with van der Waals surface area (Å²) in [5.74, 6) is -0.903. The van der Waals surface area contributed by atoms with E-state index in [0.29, 0.717) is 24.5 Å². The lowest BCUT2D eigenvalue weighted by atomic mass is 10.2. The van der Waals surface area contributed by atoms with Crippen LogP contribution < -0.4 is 9.64 Å². The van der Waals surface area contributed by atoms with Gasteiger partial charge in [0.2, 0.25) is 10.0 Å². The van der Waals surface area contributed by atoms with Gasteiger partial charge < -0.3 is 19.1 Å². The second-order valence-electron chi connectivity index (χ2n) is 7.16. The molecule has 2 aromatic rings. The zero-order chi connectivity index (χ0) is 23.8. The van der Waals surface area contributed by atoms with Crippen LogP contribution in [0.1, 0.15) is 5.56 Å². The number of morpholine rings is 1. The van der Waals surface area contributed by atoms with Gasteiger partial charge in [0.05, 0.1) is 20.3 Å². The molecule has 33 heavy (non-hydrogen) atoms. The van der Waals surface area contributed by atoms with Gasteiger partial charge in [0.1, 0.15) is 10.6 Å². The lowest BCUT2D eigenvalue weighted by molar-refractivity contribution is -0.142. The first-order chi connectivity index (χ1) is 15.8. The van der Waals surface area contributed by atoms with Gasteiger partial charge in [-0.15, -0.1) is 0 Å². The summed E-state index contributed by atoms with van der Waals surface area (Å²) < 4.78 is 42.9. The molecule has 0 radical (unpaired) electrons. The molecule has 1 amide bonds. The Morgan fingerprint density at radius 1 is 1.12 bits per heavy atom. The highest BCUT2D eigenvalue weighted by molar-refractivity contribution is 7.89. The standard InChI is InChI=1S/C23H26N2O7S/c1-24(19-6-4-3-5-7-19)22(26)17-32-23(27)11-9-18-8-10-20(30-2)21(16-18)33(28,29)25-12-14-31-15-13-25/h3-11,16H,12-15,17H2,1-2H3/b11-9+. The van der Waals surface area contributed by atoms with Crippen LogP contribution in [0.2, 0.25) is 0 Å². The quantitative estimate of drug-likeness (QED) is 0.426. The molecule has 0 N–H and O–H groups in total. The number of methoxy groups -OCH3 is 1. The number of para-hydroxylation sites is 1. The van der Waals surface area contributed by atoms with E-state index in [2.05, 4.69) is 0 Å². The summed E-state index contributed by atoms with van der Waals surface area (Å²) in [6.45, 7) is 0.733. The Morgan fingerprint density at radius 2 is 1.82 bits per heavy atom. The molecule has 1 aliphatic rings. The van der Waals surface area contributed by atoms with E-state index < -0.39 is 22.6 Å². The van der Waals surface area contributed by atoms with Gasteiger partial charge in [-0.05, 0) is 35.9 Å². The molecule has 1 aliphatic heterocycles. The summed E-state index contributed by atoms with van der Waals surface area (Å²) in [7, 11) is -0.810. The van der Waals surface area contributed by atoms with Gasteiger partial charge in [-0.3, -0.25) is 4.79 Å². The van der Waals surface area contributed by atoms with Crippen molar-refractivity contribution in [2.24, 2.45) is 0 Å². The Bertz CT molecular complexity index is 1110. The van der Waals surface area contributed by atoms with Crippen LogP contribution in [0.15, 0.2) is 59.5 Å². The zero-order valence-corrected chi connectivity index (χ0v) is 19.3. The van der Waals surface area contributed by atoms with E-state index in [1.54, 1.807) is 37.4 Å². The smallest absolute Gasteiger partial charge is 0.331 e. The molecule has 176 valence electrons. The third kappa shape index (κ3) is 6.19. The van der Waals surface area contributed by atoms with Crippen molar-refractivity contribution in [2.75, 3.05) is 52.0 Å². The van der Waals surface area contributed by atoms with E-state index in [0.717, 1.165) is 6.08 Å². The predicted molar refractivity (Wildman–Crippen MR) is 122 cm³/mol. The Balaban J connectivity index is 1.66. The van der Waals surface area contributed by atoms with Crippen molar-refractivity contribution in [1.29, 1.82) is 0 Å². The van der Waals surface area contributed by atoms with Crippen LogP contribution in [-0.2, 0) is 29.1 Å². The number of likely N-dealkylation sites (N-methyl/N-ethyl adjacent to an activating group) is 1. The molecule has 0 bridgehead atoms. The van der Waals surface area contributed by atoms with Crippen molar-refractivity contribution in [3.8, 4) is 5.75 Å². The molecule has 0 saturated carbocycles. The minimum Gasteiger partial charge on any atom is -0.495 e. The summed E-state index contributed by atoms with van der Waals surface area (Å²) in [6.07, 6.45) is 2.56. The van der Waals surface area contributed by atoms with Crippen molar-refractivity contribution in [3.05, 3.63) is 60.2 Å². The number of sulfonamides is 1. The van der Waals surface area contributed by atoms with E-state index in [-0.39, 0.29) is 29.6 Å². The van der Waals surface area contributed by atoms with Crippen molar-refractivity contribution in [1.82, 2.24) is 4.31 Å². The van der Waals surface area contributed by atoms with E-state index in [1.807, 2.05) is 6.07 Å². The molecular formula is C23H26N2O7S. The van der Waals surface area contributed by atoms with Gasteiger partial charge in [-0.25, -0.2) is 13.2 Å². The third-order valence-electron chi connectivity index (χ3n) is 5.04. The average Bonchev–Trinajstić information content (AvgIpc) is 2.86. The maximum absolute atomic E-state index is 13.0. The molecule has 1 heterocycles. The average molecular weight is 475 g/mol. The Kier molecular flexibility index (Phi) is 8.21. The maximum atomic E-state index is 13.0. The van der Waals surface area contributed by atoms with Gasteiger partial charge >= 0.3 is 5.97 Å². The lowest BCUT2D eigenvalue weighted by Crippen LogP contribution is -2.40. The number of rotatable bonds is 8. The van der Waals surface area contributed by atoms with Crippen LogP contribution in [0, 0.1) is 0 Å². The number of carbonyl (C=O) groups is 2. The number of amides is 1. The van der Waals surface area contributed by atoms with Crippen molar-refractivity contribution in [3.63, 3.8) is 0 Å². The molecule has 3 rings (SSSR count). The molecule has 0 atom stereocenters. The summed E-state index contributed by atoms with van der Waals surface area (Å²) in [5.41, 5.74) is 1.15. The van der Waals surface area contributed by atoms with Crippen molar-refractivity contribution in [2.45, 2.75) is 4.90 Å². The highest BCUT2D eigenvalue weighted by Gasteiger charge is 2.29. The number of nitrogens with zero attached hydrogens (tertiary/aromatic N) is 2. The van der Waals surface area contributed by atoms with Crippen LogP contribution in [0.4, 0.5) is 5.69 Å². The number of esters is 1. The highest BCUT2D eigenvalue weighted by Crippen LogP contribution is 2.28. The van der Waals surface area contributed by atoms with Crippen LogP contribution in [0.5, 0.6) is 5.75 Å². The first kappa shape index (κ1) is 24.4. The minimum atomic E-state index is -3.80. The SMILES string of the molecule is COc1ccc(/C=C/C(=O)OCC(=O)N(C)c2ccccc2)cc1S(=O)(=O)N1CCOCC1. The van der Waals surface area contributed by atoms with Gasteiger partial charge in [0, 0.05) is 31.9 Å². The third-order valence-corrected chi connectivity index (χ3v) is 6.96. The number of hydrogen-bond acceptors (Lipinski definition) is 7. The second kappa shape index (κ2) is 11.1. The van der Waals surface area contributed by atoms with Crippen LogP contribution >= 0.6 is 0 Å². The number of hydrogen-bond donors (Lipinski definition) is 0.